The lowest BCUT2D eigenvalue weighted by molar-refractivity contribution is 0.506. The van der Waals surface area contributed by atoms with Gasteiger partial charge >= 0.3 is 0 Å². The van der Waals surface area contributed by atoms with E-state index in [0.29, 0.717) is 5.92 Å². The fourth-order valence-corrected chi connectivity index (χ4v) is 3.88. The largest absolute Gasteiger partial charge is 0.368 e. The van der Waals surface area contributed by atoms with Crippen molar-refractivity contribution in [1.29, 1.82) is 0 Å². The zero-order valence-electron chi connectivity index (χ0n) is 10.6. The van der Waals surface area contributed by atoms with Crippen LogP contribution in [0, 0.1) is 5.92 Å². The molecular formula is C11H16ClN3O2S2. The Balaban J connectivity index is 2.31. The molecule has 1 atom stereocenters. The molecule has 0 bridgehead atoms. The van der Waals surface area contributed by atoms with Crippen LogP contribution in [-0.4, -0.2) is 14.6 Å². The maximum atomic E-state index is 11.4. The van der Waals surface area contributed by atoms with E-state index in [-0.39, 0.29) is 16.1 Å². The van der Waals surface area contributed by atoms with E-state index in [1.54, 1.807) is 6.07 Å². The molecule has 106 valence electrons. The third-order valence-electron chi connectivity index (χ3n) is 2.69. The maximum Gasteiger partial charge on any atom is 0.239 e. The number of nitrogens with two attached hydrogens (primary N) is 1. The molecule has 0 amide bonds. The summed E-state index contributed by atoms with van der Waals surface area (Å²) in [5.41, 5.74) is 0.826. The summed E-state index contributed by atoms with van der Waals surface area (Å²) < 4.78 is 26.0. The van der Waals surface area contributed by atoms with Gasteiger partial charge in [0, 0.05) is 4.90 Å². The summed E-state index contributed by atoms with van der Waals surface area (Å²) in [7, 11) is -3.80. The van der Waals surface area contributed by atoms with E-state index in [2.05, 4.69) is 23.9 Å². The molecule has 1 aliphatic rings. The van der Waals surface area contributed by atoms with Gasteiger partial charge in [0.05, 0.1) is 16.9 Å². The zero-order valence-corrected chi connectivity index (χ0v) is 13.0. The van der Waals surface area contributed by atoms with Crippen LogP contribution >= 0.6 is 23.5 Å². The minimum Gasteiger partial charge on any atom is -0.368 e. The second kappa shape index (κ2) is 5.49. The molecule has 4 N–H and O–H groups in total. The van der Waals surface area contributed by atoms with Gasteiger partial charge in [-0.05, 0) is 36.4 Å². The van der Waals surface area contributed by atoms with Crippen LogP contribution in [0.1, 0.15) is 20.3 Å². The number of hydrogen-bond acceptors (Lipinski definition) is 5. The third-order valence-corrected chi connectivity index (χ3v) is 5.02. The molecule has 0 fully saturated rings. The molecule has 19 heavy (non-hydrogen) atoms. The second-order valence-electron chi connectivity index (χ2n) is 4.87. The van der Waals surface area contributed by atoms with Crippen LogP contribution < -0.4 is 15.2 Å². The molecule has 1 unspecified atom stereocenters. The highest BCUT2D eigenvalue weighted by molar-refractivity contribution is 7.97. The van der Waals surface area contributed by atoms with Gasteiger partial charge in [0.15, 0.2) is 0 Å². The first-order valence-electron chi connectivity index (χ1n) is 5.82. The van der Waals surface area contributed by atoms with Crippen molar-refractivity contribution in [2.24, 2.45) is 11.1 Å². The van der Waals surface area contributed by atoms with E-state index in [1.165, 1.54) is 18.0 Å². The van der Waals surface area contributed by atoms with E-state index in [0.717, 1.165) is 17.0 Å². The molecular weight excluding hydrogens is 306 g/mol. The standard InChI is InChI=1S/C11H16ClN3O2S2/c1-6(2)3-11-14-8-4-7(12)10(19(13,16)17)5-9(8)18-15-11/h4-6,11,14-15H,3H2,1-2H3,(H2,13,16,17). The van der Waals surface area contributed by atoms with Crippen molar-refractivity contribution in [2.45, 2.75) is 36.2 Å². The van der Waals surface area contributed by atoms with Crippen LogP contribution in [0.4, 0.5) is 5.69 Å². The fraction of sp³-hybridized carbons (Fsp3) is 0.455. The molecule has 1 aliphatic heterocycles. The van der Waals surface area contributed by atoms with Crippen LogP contribution in [0.5, 0.6) is 0 Å². The van der Waals surface area contributed by atoms with Crippen LogP contribution in [-0.2, 0) is 10.0 Å². The normalized spacial score (nSPS) is 19.1. The number of nitrogens with one attached hydrogen (secondary N) is 2. The third kappa shape index (κ3) is 3.55. The Morgan fingerprint density at radius 2 is 2.16 bits per heavy atom. The van der Waals surface area contributed by atoms with Gasteiger partial charge in [-0.1, -0.05) is 25.4 Å². The summed E-state index contributed by atoms with van der Waals surface area (Å²) in [5, 5.41) is 8.56. The number of fused-ring (bicyclic) bond motifs is 1. The predicted molar refractivity (Wildman–Crippen MR) is 78.7 cm³/mol. The minimum atomic E-state index is -3.80. The Hall–Kier alpha value is -0.470. The number of rotatable bonds is 3. The molecule has 1 heterocycles. The molecule has 0 aliphatic carbocycles. The molecule has 0 radical (unpaired) electrons. The summed E-state index contributed by atoms with van der Waals surface area (Å²) in [6, 6.07) is 3.10. The monoisotopic (exact) mass is 321 g/mol. The molecule has 1 aromatic carbocycles. The number of benzene rings is 1. The topological polar surface area (TPSA) is 84.2 Å². The van der Waals surface area contributed by atoms with Crippen molar-refractivity contribution in [1.82, 2.24) is 4.72 Å². The highest BCUT2D eigenvalue weighted by Gasteiger charge is 2.23. The van der Waals surface area contributed by atoms with Crippen LogP contribution in [0.3, 0.4) is 0 Å². The molecule has 0 aromatic heterocycles. The summed E-state index contributed by atoms with van der Waals surface area (Å²) in [4.78, 5) is 0.722. The van der Waals surface area contributed by atoms with Gasteiger partial charge < -0.3 is 5.32 Å². The Kier molecular flexibility index (Phi) is 4.32. The predicted octanol–water partition coefficient (Wildman–Crippen LogP) is 2.38. The van der Waals surface area contributed by atoms with Crippen molar-refractivity contribution in [2.75, 3.05) is 5.32 Å². The number of primary sulfonamides is 1. The summed E-state index contributed by atoms with van der Waals surface area (Å²) in [6.45, 7) is 4.28. The van der Waals surface area contributed by atoms with Crippen molar-refractivity contribution >= 4 is 39.3 Å². The quantitative estimate of drug-likeness (QED) is 0.744. The summed E-state index contributed by atoms with van der Waals surface area (Å²) in [5.74, 6) is 0.548. The number of halogens is 1. The van der Waals surface area contributed by atoms with Crippen LogP contribution in [0.15, 0.2) is 21.9 Å². The summed E-state index contributed by atoms with van der Waals surface area (Å²) >= 11 is 7.36. The average molecular weight is 322 g/mol. The highest BCUT2D eigenvalue weighted by Crippen LogP contribution is 2.36. The second-order valence-corrected chi connectivity index (χ2v) is 7.69. The molecule has 0 saturated heterocycles. The van der Waals surface area contributed by atoms with E-state index >= 15 is 0 Å². The molecule has 8 heteroatoms. The van der Waals surface area contributed by atoms with Crippen molar-refractivity contribution in [3.05, 3.63) is 17.2 Å². The summed E-state index contributed by atoms with van der Waals surface area (Å²) in [6.07, 6.45) is 1.09. The van der Waals surface area contributed by atoms with Crippen molar-refractivity contribution in [3.63, 3.8) is 0 Å². The lowest BCUT2D eigenvalue weighted by Crippen LogP contribution is -2.36. The molecule has 5 nitrogen and oxygen atoms in total. The van der Waals surface area contributed by atoms with Gasteiger partial charge in [0.2, 0.25) is 10.0 Å². The van der Waals surface area contributed by atoms with E-state index in [9.17, 15) is 8.42 Å². The SMILES string of the molecule is CC(C)CC1NSc2cc(S(N)(=O)=O)c(Cl)cc2N1. The first kappa shape index (κ1) is 14.9. The van der Waals surface area contributed by atoms with Gasteiger partial charge in [-0.3, -0.25) is 0 Å². The lowest BCUT2D eigenvalue weighted by Gasteiger charge is -2.29. The van der Waals surface area contributed by atoms with E-state index < -0.39 is 10.0 Å². The first-order chi connectivity index (χ1) is 8.77. The van der Waals surface area contributed by atoms with Crippen molar-refractivity contribution in [3.8, 4) is 0 Å². The molecule has 0 saturated carbocycles. The van der Waals surface area contributed by atoms with E-state index in [1.807, 2.05) is 0 Å². The maximum absolute atomic E-state index is 11.4. The first-order valence-corrected chi connectivity index (χ1v) is 8.56. The van der Waals surface area contributed by atoms with Gasteiger partial charge in [-0.25, -0.2) is 18.3 Å². The minimum absolute atomic E-state index is 0.0497. The fourth-order valence-electron chi connectivity index (χ4n) is 1.88. The zero-order chi connectivity index (χ0) is 14.2. The number of anilines is 1. The van der Waals surface area contributed by atoms with Gasteiger partial charge in [0.1, 0.15) is 4.90 Å². The molecule has 1 aromatic rings. The van der Waals surface area contributed by atoms with Crippen LogP contribution in [0.2, 0.25) is 5.02 Å². The average Bonchev–Trinajstić information content (AvgIpc) is 2.25. The molecule has 2 rings (SSSR count). The van der Waals surface area contributed by atoms with E-state index in [4.69, 9.17) is 16.7 Å². The Labute approximate surface area is 122 Å². The molecule has 0 spiro atoms. The van der Waals surface area contributed by atoms with Crippen LogP contribution in [0.25, 0.3) is 0 Å². The smallest absolute Gasteiger partial charge is 0.239 e. The van der Waals surface area contributed by atoms with Gasteiger partial charge in [0.25, 0.3) is 0 Å². The highest BCUT2D eigenvalue weighted by atomic mass is 35.5. The Bertz CT molecular complexity index is 590. The Morgan fingerprint density at radius 1 is 1.47 bits per heavy atom. The van der Waals surface area contributed by atoms with Gasteiger partial charge in [-0.15, -0.1) is 0 Å². The van der Waals surface area contributed by atoms with Gasteiger partial charge in [-0.2, -0.15) is 0 Å². The number of hydrogen-bond donors (Lipinski definition) is 3. The lowest BCUT2D eigenvalue weighted by atomic mass is 10.1. The van der Waals surface area contributed by atoms with Crippen molar-refractivity contribution < 1.29 is 8.42 Å². The Morgan fingerprint density at radius 3 is 2.74 bits per heavy atom. The number of sulfonamides is 1.